The standard InChI is InChI=1S/C25H23N3O2S/c1-17-8-10-20(11-9-17)23-16-31-25(26-15-19-6-4-3-5-7-19)28(23)27-18(2)22-13-12-21(29)14-24(22)30/h3-14,16,29-30H,15H2,1-2H3. The van der Waals surface area contributed by atoms with Gasteiger partial charge in [0.15, 0.2) is 0 Å². The van der Waals surface area contributed by atoms with Crippen LogP contribution in [0, 0.1) is 6.92 Å². The summed E-state index contributed by atoms with van der Waals surface area (Å²) in [7, 11) is 0. The average Bonchev–Trinajstić information content (AvgIpc) is 3.15. The molecule has 1 aromatic heterocycles. The Morgan fingerprint density at radius 2 is 1.71 bits per heavy atom. The van der Waals surface area contributed by atoms with Crippen molar-refractivity contribution in [1.82, 2.24) is 4.68 Å². The van der Waals surface area contributed by atoms with Crippen molar-refractivity contribution in [2.24, 2.45) is 10.1 Å². The fourth-order valence-corrected chi connectivity index (χ4v) is 4.03. The van der Waals surface area contributed by atoms with Gasteiger partial charge in [-0.25, -0.2) is 4.68 Å². The summed E-state index contributed by atoms with van der Waals surface area (Å²) in [6.07, 6.45) is 0. The molecule has 0 bridgehead atoms. The Morgan fingerprint density at radius 1 is 0.968 bits per heavy atom. The van der Waals surface area contributed by atoms with E-state index in [0.717, 1.165) is 21.6 Å². The van der Waals surface area contributed by atoms with Crippen LogP contribution in [0.4, 0.5) is 0 Å². The molecule has 1 heterocycles. The van der Waals surface area contributed by atoms with Gasteiger partial charge in [0.25, 0.3) is 0 Å². The first-order valence-electron chi connectivity index (χ1n) is 9.91. The lowest BCUT2D eigenvalue weighted by Gasteiger charge is -2.08. The van der Waals surface area contributed by atoms with Gasteiger partial charge in [-0.15, -0.1) is 11.3 Å². The molecule has 4 aromatic rings. The minimum Gasteiger partial charge on any atom is -0.508 e. The first kappa shape index (κ1) is 20.6. The number of aromatic nitrogens is 1. The van der Waals surface area contributed by atoms with Crippen LogP contribution < -0.4 is 4.80 Å². The summed E-state index contributed by atoms with van der Waals surface area (Å²) in [5.41, 5.74) is 5.44. The topological polar surface area (TPSA) is 70.1 Å². The number of rotatable bonds is 5. The van der Waals surface area contributed by atoms with Gasteiger partial charge in [-0.1, -0.05) is 60.2 Å². The molecule has 0 aliphatic rings. The van der Waals surface area contributed by atoms with E-state index < -0.39 is 0 Å². The van der Waals surface area contributed by atoms with Crippen LogP contribution in [0.5, 0.6) is 11.5 Å². The van der Waals surface area contributed by atoms with Crippen molar-refractivity contribution < 1.29 is 10.2 Å². The van der Waals surface area contributed by atoms with Gasteiger partial charge in [-0.2, -0.15) is 5.10 Å². The van der Waals surface area contributed by atoms with Crippen molar-refractivity contribution in [2.45, 2.75) is 20.4 Å². The Bertz CT molecular complexity index is 1290. The van der Waals surface area contributed by atoms with E-state index in [1.165, 1.54) is 29.0 Å². The molecule has 0 atom stereocenters. The lowest BCUT2D eigenvalue weighted by Crippen LogP contribution is -2.14. The van der Waals surface area contributed by atoms with Crippen LogP contribution in [-0.4, -0.2) is 20.6 Å². The minimum absolute atomic E-state index is 0.0103. The first-order chi connectivity index (χ1) is 15.0. The molecule has 0 saturated heterocycles. The number of aromatic hydroxyl groups is 2. The van der Waals surface area contributed by atoms with Gasteiger partial charge in [-0.3, -0.25) is 4.99 Å². The van der Waals surface area contributed by atoms with Crippen molar-refractivity contribution in [3.8, 4) is 22.8 Å². The van der Waals surface area contributed by atoms with Gasteiger partial charge >= 0.3 is 0 Å². The van der Waals surface area contributed by atoms with Crippen molar-refractivity contribution in [3.63, 3.8) is 0 Å². The number of hydrogen-bond donors (Lipinski definition) is 2. The Balaban J connectivity index is 1.82. The SMILES string of the molecule is CC(=Nn1c(-c2ccc(C)cc2)csc1=NCc1ccccc1)c1ccc(O)cc1O. The van der Waals surface area contributed by atoms with Crippen molar-refractivity contribution >= 4 is 17.0 Å². The highest BCUT2D eigenvalue weighted by atomic mass is 32.1. The second kappa shape index (κ2) is 9.02. The normalized spacial score (nSPS) is 12.3. The van der Waals surface area contributed by atoms with E-state index in [4.69, 9.17) is 10.1 Å². The third kappa shape index (κ3) is 4.75. The zero-order valence-electron chi connectivity index (χ0n) is 17.4. The van der Waals surface area contributed by atoms with Crippen molar-refractivity contribution in [1.29, 1.82) is 0 Å². The molecule has 0 radical (unpaired) electrons. The molecule has 0 saturated carbocycles. The summed E-state index contributed by atoms with van der Waals surface area (Å²) < 4.78 is 1.82. The number of phenolic OH excluding ortho intramolecular Hbond substituents is 2. The largest absolute Gasteiger partial charge is 0.508 e. The molecule has 31 heavy (non-hydrogen) atoms. The summed E-state index contributed by atoms with van der Waals surface area (Å²) in [4.78, 5) is 5.56. The number of hydrogen-bond acceptors (Lipinski definition) is 5. The van der Waals surface area contributed by atoms with Crippen LogP contribution >= 0.6 is 11.3 Å². The predicted molar refractivity (Wildman–Crippen MR) is 126 cm³/mol. The second-order valence-corrected chi connectivity index (χ2v) is 8.11. The number of aryl methyl sites for hydroxylation is 1. The average molecular weight is 430 g/mol. The molecule has 2 N–H and O–H groups in total. The van der Waals surface area contributed by atoms with E-state index >= 15 is 0 Å². The maximum atomic E-state index is 10.3. The molecule has 0 aliphatic carbocycles. The second-order valence-electron chi connectivity index (χ2n) is 7.27. The van der Waals surface area contributed by atoms with Crippen LogP contribution in [0.15, 0.2) is 88.3 Å². The van der Waals surface area contributed by atoms with E-state index in [2.05, 4.69) is 31.2 Å². The highest BCUT2D eigenvalue weighted by Crippen LogP contribution is 2.25. The first-order valence-corrected chi connectivity index (χ1v) is 10.8. The fraction of sp³-hybridized carbons (Fsp3) is 0.120. The Hall–Kier alpha value is -3.64. The molecule has 156 valence electrons. The van der Waals surface area contributed by atoms with Gasteiger partial charge in [0.2, 0.25) is 4.80 Å². The lowest BCUT2D eigenvalue weighted by molar-refractivity contribution is 0.450. The minimum atomic E-state index is -0.0169. The van der Waals surface area contributed by atoms with E-state index in [0.29, 0.717) is 17.8 Å². The third-order valence-electron chi connectivity index (χ3n) is 4.89. The van der Waals surface area contributed by atoms with Crippen LogP contribution in [0.3, 0.4) is 0 Å². The fourth-order valence-electron chi connectivity index (χ4n) is 3.20. The van der Waals surface area contributed by atoms with E-state index in [-0.39, 0.29) is 11.5 Å². The molecule has 0 unspecified atom stereocenters. The van der Waals surface area contributed by atoms with Gasteiger partial charge in [0.1, 0.15) is 11.5 Å². The molecule has 5 nitrogen and oxygen atoms in total. The van der Waals surface area contributed by atoms with Crippen molar-refractivity contribution in [2.75, 3.05) is 0 Å². The summed E-state index contributed by atoms with van der Waals surface area (Å²) in [5.74, 6) is -0.00660. The molecule has 0 fully saturated rings. The maximum absolute atomic E-state index is 10.3. The number of phenols is 2. The van der Waals surface area contributed by atoms with Crippen LogP contribution in [0.25, 0.3) is 11.3 Å². The summed E-state index contributed by atoms with van der Waals surface area (Å²) in [6, 6.07) is 22.9. The Kier molecular flexibility index (Phi) is 6.00. The van der Waals surface area contributed by atoms with Gasteiger partial charge in [-0.05, 0) is 31.5 Å². The molecule has 0 spiro atoms. The molecule has 4 rings (SSSR count). The maximum Gasteiger partial charge on any atom is 0.206 e. The number of benzene rings is 3. The third-order valence-corrected chi connectivity index (χ3v) is 5.75. The molecule has 6 heteroatoms. The molecule has 0 amide bonds. The smallest absolute Gasteiger partial charge is 0.206 e. The Morgan fingerprint density at radius 3 is 2.42 bits per heavy atom. The zero-order chi connectivity index (χ0) is 21.8. The van der Waals surface area contributed by atoms with Gasteiger partial charge in [0.05, 0.1) is 18.0 Å². The summed E-state index contributed by atoms with van der Waals surface area (Å²) >= 11 is 1.52. The quantitative estimate of drug-likeness (QED) is 0.422. The van der Waals surface area contributed by atoms with E-state index in [9.17, 15) is 10.2 Å². The zero-order valence-corrected chi connectivity index (χ0v) is 18.2. The lowest BCUT2D eigenvalue weighted by atomic mass is 10.1. The molecular formula is C25H23N3O2S. The predicted octanol–water partition coefficient (Wildman–Crippen LogP) is 5.31. The van der Waals surface area contributed by atoms with E-state index in [1.54, 1.807) is 6.07 Å². The van der Waals surface area contributed by atoms with Gasteiger partial charge < -0.3 is 10.2 Å². The molecular weight excluding hydrogens is 406 g/mol. The number of nitrogens with zero attached hydrogens (tertiary/aromatic N) is 3. The Labute approximate surface area is 184 Å². The highest BCUT2D eigenvalue weighted by Gasteiger charge is 2.11. The van der Waals surface area contributed by atoms with Crippen molar-refractivity contribution in [3.05, 3.63) is 99.7 Å². The monoisotopic (exact) mass is 429 g/mol. The number of thiazole rings is 1. The van der Waals surface area contributed by atoms with Gasteiger partial charge in [0, 0.05) is 22.6 Å². The van der Waals surface area contributed by atoms with Crippen LogP contribution in [0.2, 0.25) is 0 Å². The summed E-state index contributed by atoms with van der Waals surface area (Å²) in [5, 5.41) is 26.7. The summed E-state index contributed by atoms with van der Waals surface area (Å²) in [6.45, 7) is 4.44. The highest BCUT2D eigenvalue weighted by molar-refractivity contribution is 7.07. The van der Waals surface area contributed by atoms with E-state index in [1.807, 2.05) is 47.3 Å². The van der Waals surface area contributed by atoms with Crippen LogP contribution in [0.1, 0.15) is 23.6 Å². The molecule has 0 aliphatic heterocycles. The van der Waals surface area contributed by atoms with Crippen LogP contribution in [-0.2, 0) is 6.54 Å². The molecule has 3 aromatic carbocycles.